The van der Waals surface area contributed by atoms with Crippen molar-refractivity contribution in [3.05, 3.63) is 46.8 Å². The van der Waals surface area contributed by atoms with Gasteiger partial charge in [-0.1, -0.05) is 39.0 Å². The third-order valence-electron chi connectivity index (χ3n) is 6.43. The van der Waals surface area contributed by atoms with E-state index in [0.717, 1.165) is 22.2 Å². The first kappa shape index (κ1) is 32.7. The molecule has 0 saturated carbocycles. The van der Waals surface area contributed by atoms with Crippen LogP contribution in [0.2, 0.25) is 0 Å². The summed E-state index contributed by atoms with van der Waals surface area (Å²) in [4.78, 5) is 49.5. The highest BCUT2D eigenvalue weighted by Crippen LogP contribution is 2.42. The summed E-state index contributed by atoms with van der Waals surface area (Å²) in [5, 5.41) is 24.3. The van der Waals surface area contributed by atoms with Crippen LogP contribution in [0.25, 0.3) is 0 Å². The fourth-order valence-electron chi connectivity index (χ4n) is 3.94. The van der Waals surface area contributed by atoms with E-state index in [1.807, 2.05) is 20.8 Å². The number of hydrogen-bond donors (Lipinski definition) is 4. The molecule has 1 aliphatic heterocycles. The first-order chi connectivity index (χ1) is 20.2. The second-order valence-electron chi connectivity index (χ2n) is 11.0. The number of aromatic nitrogens is 4. The molecule has 1 saturated heterocycles. The Morgan fingerprint density at radius 1 is 1.26 bits per heavy atom. The number of aliphatic hydroxyl groups excluding tert-OH is 2. The predicted molar refractivity (Wildman–Crippen MR) is 153 cm³/mol. The Balaban J connectivity index is 1.23. The minimum Gasteiger partial charge on any atom is -0.444 e. The SMILES string of the molecule is CC(CCC(=O)Nc1ncc(SCc2cnc(C(C)(C)C)o2)s1)C(=O)Nc1ccn([C@@H]2OC(CO)C(O)C2(F)F)c(=O)n1. The topological polar surface area (TPSA) is 182 Å². The molecule has 3 unspecified atom stereocenters. The Kier molecular flexibility index (Phi) is 10.0. The Bertz CT molecular complexity index is 1510. The van der Waals surface area contributed by atoms with Crippen LogP contribution in [0.1, 0.15) is 58.4 Å². The molecule has 4 N–H and O–H groups in total. The molecule has 2 amide bonds. The van der Waals surface area contributed by atoms with E-state index >= 15 is 0 Å². The monoisotopic (exact) mass is 642 g/mol. The number of nitrogens with one attached hydrogen (secondary N) is 2. The number of ether oxygens (including phenoxy) is 1. The summed E-state index contributed by atoms with van der Waals surface area (Å²) >= 11 is 2.81. The molecule has 0 aliphatic carbocycles. The van der Waals surface area contributed by atoms with Crippen molar-refractivity contribution in [2.24, 2.45) is 5.92 Å². The molecule has 17 heteroatoms. The molecule has 43 heavy (non-hydrogen) atoms. The molecule has 13 nitrogen and oxygen atoms in total. The lowest BCUT2D eigenvalue weighted by Gasteiger charge is -2.21. The molecule has 0 spiro atoms. The number of carbonyl (C=O) groups excluding carboxylic acids is 2. The van der Waals surface area contributed by atoms with Crippen molar-refractivity contribution in [3.8, 4) is 0 Å². The van der Waals surface area contributed by atoms with Gasteiger partial charge in [-0.2, -0.15) is 13.8 Å². The second kappa shape index (κ2) is 13.2. The van der Waals surface area contributed by atoms with Gasteiger partial charge >= 0.3 is 11.6 Å². The summed E-state index contributed by atoms with van der Waals surface area (Å²) in [6, 6.07) is 1.13. The summed E-state index contributed by atoms with van der Waals surface area (Å²) in [6.45, 7) is 6.76. The molecule has 0 radical (unpaired) electrons. The molecule has 4 heterocycles. The van der Waals surface area contributed by atoms with Gasteiger partial charge in [0, 0.05) is 24.0 Å². The number of alkyl halides is 2. The normalized spacial score (nSPS) is 20.6. The van der Waals surface area contributed by atoms with Gasteiger partial charge in [0.2, 0.25) is 18.0 Å². The highest BCUT2D eigenvalue weighted by molar-refractivity contribution is 8.00. The summed E-state index contributed by atoms with van der Waals surface area (Å²) in [6.07, 6.45) is -1.58. The van der Waals surface area contributed by atoms with Crippen molar-refractivity contribution in [1.29, 1.82) is 0 Å². The van der Waals surface area contributed by atoms with Gasteiger partial charge in [0.25, 0.3) is 0 Å². The smallest absolute Gasteiger partial charge is 0.351 e. The summed E-state index contributed by atoms with van der Waals surface area (Å²) in [5.74, 6) is -3.61. The van der Waals surface area contributed by atoms with E-state index in [2.05, 4.69) is 25.6 Å². The van der Waals surface area contributed by atoms with Crippen LogP contribution in [0.15, 0.2) is 38.1 Å². The Morgan fingerprint density at radius 3 is 2.63 bits per heavy atom. The number of anilines is 2. The highest BCUT2D eigenvalue weighted by Gasteiger charge is 2.59. The van der Waals surface area contributed by atoms with E-state index in [0.29, 0.717) is 21.3 Å². The van der Waals surface area contributed by atoms with Crippen LogP contribution in [0, 0.1) is 5.92 Å². The van der Waals surface area contributed by atoms with Crippen molar-refractivity contribution in [1.82, 2.24) is 19.5 Å². The molecule has 234 valence electrons. The lowest BCUT2D eigenvalue weighted by atomic mass is 9.97. The van der Waals surface area contributed by atoms with Crippen LogP contribution >= 0.6 is 23.1 Å². The maximum atomic E-state index is 14.4. The maximum Gasteiger partial charge on any atom is 0.351 e. The van der Waals surface area contributed by atoms with E-state index in [9.17, 15) is 28.3 Å². The Labute approximate surface area is 253 Å². The number of aliphatic hydroxyl groups is 2. The number of oxazole rings is 1. The van der Waals surface area contributed by atoms with Gasteiger partial charge in [0.1, 0.15) is 17.7 Å². The number of carbonyl (C=O) groups is 2. The predicted octanol–water partition coefficient (Wildman–Crippen LogP) is 3.16. The van der Waals surface area contributed by atoms with Crippen LogP contribution in [0.5, 0.6) is 0 Å². The molecular weight excluding hydrogens is 610 g/mol. The fourth-order valence-corrected chi connectivity index (χ4v) is 5.70. The van der Waals surface area contributed by atoms with Crippen molar-refractivity contribution in [2.45, 2.75) is 80.3 Å². The number of thioether (sulfide) groups is 1. The standard InChI is InChI=1S/C26H32F2N6O7S2/c1-13(20(38)31-16-7-8-34(24(39)32-16)22-26(27,28)19(37)15(11-35)41-22)5-6-17(36)33-23-30-10-18(43-23)42-12-14-9-29-21(40-14)25(2,3)4/h7-10,13,15,19,22,35,37H,5-6,11-12H2,1-4H3,(H,30,33,36)(H,31,32,38,39)/t13?,15?,19?,22-/m1/s1. The zero-order valence-corrected chi connectivity index (χ0v) is 25.4. The first-order valence-electron chi connectivity index (χ1n) is 13.2. The Morgan fingerprint density at radius 2 is 2.00 bits per heavy atom. The molecule has 0 aromatic carbocycles. The van der Waals surface area contributed by atoms with Gasteiger partial charge in [-0.15, -0.1) is 11.8 Å². The first-order valence-corrected chi connectivity index (χ1v) is 15.0. The molecule has 1 aliphatic rings. The lowest BCUT2D eigenvalue weighted by Crippen LogP contribution is -2.41. The highest BCUT2D eigenvalue weighted by atomic mass is 32.2. The molecule has 1 fully saturated rings. The quantitative estimate of drug-likeness (QED) is 0.226. The van der Waals surface area contributed by atoms with Crippen LogP contribution < -0.4 is 16.3 Å². The van der Waals surface area contributed by atoms with E-state index < -0.39 is 48.5 Å². The van der Waals surface area contributed by atoms with Gasteiger partial charge in [-0.05, 0) is 12.5 Å². The van der Waals surface area contributed by atoms with Crippen LogP contribution in [-0.4, -0.2) is 66.3 Å². The molecule has 3 aromatic heterocycles. The number of amides is 2. The maximum absolute atomic E-state index is 14.4. The molecule has 0 bridgehead atoms. The van der Waals surface area contributed by atoms with Gasteiger partial charge < -0.3 is 30.0 Å². The zero-order chi connectivity index (χ0) is 31.5. The van der Waals surface area contributed by atoms with E-state index in [4.69, 9.17) is 14.3 Å². The number of rotatable bonds is 11. The number of halogens is 2. The van der Waals surface area contributed by atoms with Gasteiger partial charge in [-0.25, -0.2) is 14.8 Å². The zero-order valence-electron chi connectivity index (χ0n) is 23.7. The third-order valence-corrected chi connectivity index (χ3v) is 8.56. The third kappa shape index (κ3) is 7.83. The van der Waals surface area contributed by atoms with Crippen LogP contribution in [-0.2, 0) is 25.5 Å². The van der Waals surface area contributed by atoms with Crippen LogP contribution in [0.3, 0.4) is 0 Å². The molecule has 4 rings (SSSR count). The van der Waals surface area contributed by atoms with E-state index in [1.54, 1.807) is 19.3 Å². The minimum atomic E-state index is -3.86. The Hall–Kier alpha value is -3.25. The number of hydrogen-bond acceptors (Lipinski definition) is 12. The molecule has 3 aromatic rings. The molecular formula is C26H32F2N6O7S2. The summed E-state index contributed by atoms with van der Waals surface area (Å²) in [7, 11) is 0. The van der Waals surface area contributed by atoms with E-state index in [1.165, 1.54) is 23.1 Å². The van der Waals surface area contributed by atoms with E-state index in [-0.39, 0.29) is 30.0 Å². The van der Waals surface area contributed by atoms with Crippen LogP contribution in [0.4, 0.5) is 19.7 Å². The van der Waals surface area contributed by atoms with Crippen molar-refractivity contribution >= 4 is 45.9 Å². The average Bonchev–Trinajstić information content (AvgIpc) is 3.65. The lowest BCUT2D eigenvalue weighted by molar-refractivity contribution is -0.141. The van der Waals surface area contributed by atoms with Crippen molar-refractivity contribution < 1.29 is 37.7 Å². The molecule has 4 atom stereocenters. The van der Waals surface area contributed by atoms with Gasteiger partial charge in [0.15, 0.2) is 17.1 Å². The fraction of sp³-hybridized carbons (Fsp3) is 0.538. The number of thiazole rings is 1. The van der Waals surface area contributed by atoms with Gasteiger partial charge in [0.05, 0.1) is 29.0 Å². The van der Waals surface area contributed by atoms with Crippen molar-refractivity contribution in [3.63, 3.8) is 0 Å². The largest absolute Gasteiger partial charge is 0.444 e. The van der Waals surface area contributed by atoms with Gasteiger partial charge in [-0.3, -0.25) is 14.2 Å². The second-order valence-corrected chi connectivity index (χ2v) is 13.3. The average molecular weight is 643 g/mol. The summed E-state index contributed by atoms with van der Waals surface area (Å²) < 4.78 is 40.8. The minimum absolute atomic E-state index is 0.0156. The number of nitrogens with zero attached hydrogens (tertiary/aromatic N) is 4. The summed E-state index contributed by atoms with van der Waals surface area (Å²) in [5.41, 5.74) is -1.34. The van der Waals surface area contributed by atoms with Crippen molar-refractivity contribution in [2.75, 3.05) is 17.2 Å².